The Bertz CT molecular complexity index is 1420. The summed E-state index contributed by atoms with van der Waals surface area (Å²) in [6.07, 6.45) is 64.7. The van der Waals surface area contributed by atoms with Gasteiger partial charge in [0.25, 0.3) is 0 Å². The molecule has 7 unspecified atom stereocenters. The highest BCUT2D eigenvalue weighted by atomic mass is 16.7. The summed E-state index contributed by atoms with van der Waals surface area (Å²) in [5.41, 5.74) is 0. The minimum absolute atomic E-state index is 0.192. The summed E-state index contributed by atoms with van der Waals surface area (Å²) in [6.45, 7) is 3.64. The molecule has 1 aliphatic rings. The van der Waals surface area contributed by atoms with Gasteiger partial charge in [-0.05, 0) is 83.5 Å². The molecular weight excluding hydrogens is 875 g/mol. The molecule has 1 amide bonds. The van der Waals surface area contributed by atoms with Crippen molar-refractivity contribution in [3.05, 3.63) is 97.2 Å². The number of allylic oxidation sites excluding steroid dienone is 15. The zero-order valence-electron chi connectivity index (χ0n) is 44.5. The van der Waals surface area contributed by atoms with E-state index in [4.69, 9.17) is 9.47 Å². The van der Waals surface area contributed by atoms with Crippen LogP contribution in [0.4, 0.5) is 0 Å². The maximum atomic E-state index is 13.0. The van der Waals surface area contributed by atoms with Gasteiger partial charge in [0.05, 0.1) is 25.4 Å². The molecule has 9 heteroatoms. The molecule has 0 saturated carbocycles. The largest absolute Gasteiger partial charge is 0.394 e. The number of carbonyl (C=O) groups excluding carboxylic acids is 1. The molecule has 0 bridgehead atoms. The Labute approximate surface area is 428 Å². The Morgan fingerprint density at radius 2 is 0.900 bits per heavy atom. The fourth-order valence-electron chi connectivity index (χ4n) is 8.41. The van der Waals surface area contributed by atoms with Gasteiger partial charge >= 0.3 is 0 Å². The highest BCUT2D eigenvalue weighted by molar-refractivity contribution is 5.76. The van der Waals surface area contributed by atoms with E-state index in [1.54, 1.807) is 6.08 Å². The highest BCUT2D eigenvalue weighted by Crippen LogP contribution is 2.23. The smallest absolute Gasteiger partial charge is 0.220 e. The molecule has 0 aliphatic carbocycles. The minimum atomic E-state index is -1.58. The van der Waals surface area contributed by atoms with Gasteiger partial charge in [-0.15, -0.1) is 0 Å². The van der Waals surface area contributed by atoms with Crippen LogP contribution in [-0.2, 0) is 14.3 Å². The number of hydrogen-bond donors (Lipinski definition) is 6. The van der Waals surface area contributed by atoms with E-state index in [2.05, 4.69) is 104 Å². The summed E-state index contributed by atoms with van der Waals surface area (Å²) in [6, 6.07) is -0.828. The Balaban J connectivity index is 2.22. The first-order chi connectivity index (χ1) is 34.3. The predicted octanol–water partition coefficient (Wildman–Crippen LogP) is 14.0. The van der Waals surface area contributed by atoms with E-state index in [0.29, 0.717) is 6.42 Å². The van der Waals surface area contributed by atoms with Gasteiger partial charge in [-0.3, -0.25) is 4.79 Å². The third-order valence-corrected chi connectivity index (χ3v) is 12.9. The first-order valence-electron chi connectivity index (χ1n) is 28.5. The topological polar surface area (TPSA) is 149 Å². The molecule has 1 fully saturated rings. The van der Waals surface area contributed by atoms with Crippen LogP contribution < -0.4 is 5.32 Å². The van der Waals surface area contributed by atoms with Crippen LogP contribution >= 0.6 is 0 Å². The molecule has 7 atom stereocenters. The van der Waals surface area contributed by atoms with E-state index in [9.17, 15) is 30.3 Å². The van der Waals surface area contributed by atoms with Gasteiger partial charge in [0.15, 0.2) is 6.29 Å². The van der Waals surface area contributed by atoms with Crippen molar-refractivity contribution in [2.75, 3.05) is 13.2 Å². The van der Waals surface area contributed by atoms with Crippen LogP contribution in [0.5, 0.6) is 0 Å². The first-order valence-corrected chi connectivity index (χ1v) is 28.5. The van der Waals surface area contributed by atoms with E-state index in [0.717, 1.165) is 77.0 Å². The summed E-state index contributed by atoms with van der Waals surface area (Å²) in [5, 5.41) is 54.4. The van der Waals surface area contributed by atoms with Gasteiger partial charge in [0.2, 0.25) is 5.91 Å². The fraction of sp³-hybridized carbons (Fsp3) is 0.721. The standard InChI is InChI=1S/C61H105NO8/c1-3-5-7-9-11-13-15-17-19-21-22-23-24-25-26-27-28-29-30-31-32-33-34-35-37-39-41-43-45-47-49-51-57(65)62-54(53-69-61-60(68)59(67)58(66)56(52-63)70-61)55(64)50-48-46-44-42-40-38-36-20-18-16-14-12-10-8-6-4-2/h5,7,11,13,17,19,22-23,25-26,28-29,40,42,48,50,54-56,58-61,63-64,66-68H,3-4,6,8-10,12,14-16,18,20-21,24,27,30-39,41,43-47,49,51-53H2,1-2H3,(H,62,65)/b7-5-,13-11-,19-17-,23-22-,26-25-,29-28-,42-40+,50-48+. The van der Waals surface area contributed by atoms with E-state index < -0.39 is 49.5 Å². The van der Waals surface area contributed by atoms with E-state index in [1.807, 2.05) is 6.08 Å². The Hall–Kier alpha value is -2.89. The first kappa shape index (κ1) is 65.1. The SMILES string of the molecule is CC/C=C\C/C=C\C/C=C\C/C=C\C/C=C\C/C=C\CCCCCCCCCCCCCCC(=O)NC(COC1OC(CO)C(O)C(O)C1O)C(O)/C=C/CC/C=C/CCCCCCCCCCCC. The summed E-state index contributed by atoms with van der Waals surface area (Å²) >= 11 is 0. The number of rotatable bonds is 47. The van der Waals surface area contributed by atoms with Crippen molar-refractivity contribution < 1.29 is 39.8 Å². The number of aliphatic hydroxyl groups excluding tert-OH is 5. The molecule has 0 spiro atoms. The van der Waals surface area contributed by atoms with Gasteiger partial charge in [-0.25, -0.2) is 0 Å². The lowest BCUT2D eigenvalue weighted by Crippen LogP contribution is -2.60. The normalized spacial score (nSPS) is 20.1. The van der Waals surface area contributed by atoms with Crippen LogP contribution in [-0.4, -0.2) is 87.5 Å². The lowest BCUT2D eigenvalue weighted by Gasteiger charge is -2.40. The molecule has 9 nitrogen and oxygen atoms in total. The number of nitrogens with one attached hydrogen (secondary N) is 1. The van der Waals surface area contributed by atoms with E-state index in [-0.39, 0.29) is 12.5 Å². The van der Waals surface area contributed by atoms with Crippen LogP contribution in [0.2, 0.25) is 0 Å². The molecule has 0 radical (unpaired) electrons. The number of aliphatic hydroxyl groups is 5. The molecule has 1 heterocycles. The zero-order valence-corrected chi connectivity index (χ0v) is 44.5. The van der Waals surface area contributed by atoms with Crippen LogP contribution in [0.15, 0.2) is 97.2 Å². The third-order valence-electron chi connectivity index (χ3n) is 12.9. The number of hydrogen-bond acceptors (Lipinski definition) is 8. The average Bonchev–Trinajstić information content (AvgIpc) is 3.36. The van der Waals surface area contributed by atoms with Crippen molar-refractivity contribution in [1.82, 2.24) is 5.32 Å². The predicted molar refractivity (Wildman–Crippen MR) is 294 cm³/mol. The Morgan fingerprint density at radius 1 is 0.500 bits per heavy atom. The third kappa shape index (κ3) is 38.7. The molecule has 0 aromatic carbocycles. The van der Waals surface area contributed by atoms with Gasteiger partial charge < -0.3 is 40.3 Å². The van der Waals surface area contributed by atoms with E-state index in [1.165, 1.54) is 128 Å². The number of unbranched alkanes of at least 4 members (excludes halogenated alkanes) is 23. The Morgan fingerprint density at radius 3 is 1.37 bits per heavy atom. The summed E-state index contributed by atoms with van der Waals surface area (Å²) < 4.78 is 11.2. The maximum absolute atomic E-state index is 13.0. The van der Waals surface area contributed by atoms with Crippen LogP contribution in [0.1, 0.15) is 226 Å². The molecule has 1 saturated heterocycles. The second-order valence-corrected chi connectivity index (χ2v) is 19.3. The molecule has 70 heavy (non-hydrogen) atoms. The van der Waals surface area contributed by atoms with Gasteiger partial charge in [-0.1, -0.05) is 233 Å². The van der Waals surface area contributed by atoms with Gasteiger partial charge in [0.1, 0.15) is 24.4 Å². The highest BCUT2D eigenvalue weighted by Gasteiger charge is 2.44. The van der Waals surface area contributed by atoms with Crippen molar-refractivity contribution in [3.63, 3.8) is 0 Å². The van der Waals surface area contributed by atoms with Crippen molar-refractivity contribution >= 4 is 5.91 Å². The maximum Gasteiger partial charge on any atom is 0.220 e. The fourth-order valence-corrected chi connectivity index (χ4v) is 8.41. The lowest BCUT2D eigenvalue weighted by atomic mass is 9.99. The number of carbonyl (C=O) groups is 1. The monoisotopic (exact) mass is 980 g/mol. The molecule has 0 aromatic rings. The Kier molecular flexibility index (Phi) is 46.2. The second kappa shape index (κ2) is 49.7. The molecule has 1 rings (SSSR count). The van der Waals surface area contributed by atoms with Crippen molar-refractivity contribution in [2.45, 2.75) is 269 Å². The lowest BCUT2D eigenvalue weighted by molar-refractivity contribution is -0.302. The molecule has 402 valence electrons. The molecule has 1 aliphatic heterocycles. The van der Waals surface area contributed by atoms with Crippen molar-refractivity contribution in [3.8, 4) is 0 Å². The molecule has 0 aromatic heterocycles. The molecular formula is C61H105NO8. The minimum Gasteiger partial charge on any atom is -0.394 e. The van der Waals surface area contributed by atoms with Crippen molar-refractivity contribution in [1.29, 1.82) is 0 Å². The zero-order chi connectivity index (χ0) is 50.8. The summed E-state index contributed by atoms with van der Waals surface area (Å²) in [7, 11) is 0. The van der Waals surface area contributed by atoms with Gasteiger partial charge in [0, 0.05) is 6.42 Å². The van der Waals surface area contributed by atoms with E-state index >= 15 is 0 Å². The average molecular weight is 981 g/mol. The number of ether oxygens (including phenoxy) is 2. The van der Waals surface area contributed by atoms with Crippen LogP contribution in [0, 0.1) is 0 Å². The summed E-state index contributed by atoms with van der Waals surface area (Å²) in [5.74, 6) is -0.192. The van der Waals surface area contributed by atoms with Crippen LogP contribution in [0.25, 0.3) is 0 Å². The quantitative estimate of drug-likeness (QED) is 0.0261. The summed E-state index contributed by atoms with van der Waals surface area (Å²) in [4.78, 5) is 13.0. The van der Waals surface area contributed by atoms with Crippen molar-refractivity contribution in [2.24, 2.45) is 0 Å². The molecule has 6 N–H and O–H groups in total. The van der Waals surface area contributed by atoms with Crippen LogP contribution in [0.3, 0.4) is 0 Å². The number of amides is 1. The second-order valence-electron chi connectivity index (χ2n) is 19.3. The van der Waals surface area contributed by atoms with Gasteiger partial charge in [-0.2, -0.15) is 0 Å².